The highest BCUT2D eigenvalue weighted by molar-refractivity contribution is 7.92. The van der Waals surface area contributed by atoms with E-state index >= 15 is 0 Å². The van der Waals surface area contributed by atoms with Gasteiger partial charge in [-0.3, -0.25) is 4.72 Å². The maximum Gasteiger partial charge on any atom is 0.280 e. The molecule has 1 aromatic carbocycles. The highest BCUT2D eigenvalue weighted by Gasteiger charge is 2.16. The molecule has 24 heavy (non-hydrogen) atoms. The summed E-state index contributed by atoms with van der Waals surface area (Å²) in [4.78, 5) is 3.84. The lowest BCUT2D eigenvalue weighted by Gasteiger charge is -2.08. The number of imidazole rings is 1. The Labute approximate surface area is 146 Å². The summed E-state index contributed by atoms with van der Waals surface area (Å²) in [6.07, 6.45) is 7.42. The number of hydrogen-bond donors (Lipinski definition) is 1. The number of nitrogens with zero attached hydrogens (tertiary/aromatic N) is 2. The van der Waals surface area contributed by atoms with Crippen LogP contribution in [0.15, 0.2) is 41.8 Å². The zero-order valence-corrected chi connectivity index (χ0v) is 16.1. The fraction of sp³-hybridized carbons (Fsp3) is 0.500. The van der Waals surface area contributed by atoms with Crippen LogP contribution in [0, 0.1) is 0 Å². The Kier molecular flexibility index (Phi) is 7.98. The van der Waals surface area contributed by atoms with Gasteiger partial charge in [0.25, 0.3) is 10.0 Å². The average molecular weight is 352 g/mol. The van der Waals surface area contributed by atoms with Gasteiger partial charge in [0.05, 0.1) is 6.33 Å². The van der Waals surface area contributed by atoms with Gasteiger partial charge in [0.15, 0.2) is 5.03 Å². The van der Waals surface area contributed by atoms with Crippen molar-refractivity contribution in [2.24, 2.45) is 7.05 Å². The molecule has 6 heteroatoms. The molecule has 0 bridgehead atoms. The zero-order chi connectivity index (χ0) is 18.2. The Balaban J connectivity index is 0.000000503. The first-order valence-corrected chi connectivity index (χ1v) is 9.97. The van der Waals surface area contributed by atoms with E-state index in [9.17, 15) is 8.42 Å². The third-order valence-electron chi connectivity index (χ3n) is 3.14. The van der Waals surface area contributed by atoms with Crippen LogP contribution in [0.1, 0.15) is 58.4 Å². The first-order chi connectivity index (χ1) is 11.4. The Morgan fingerprint density at radius 2 is 1.62 bits per heavy atom. The lowest BCUT2D eigenvalue weighted by atomic mass is 10.0. The molecule has 1 heterocycles. The first-order valence-electron chi connectivity index (χ1n) is 8.49. The number of hydrogen-bond acceptors (Lipinski definition) is 3. The summed E-state index contributed by atoms with van der Waals surface area (Å²) in [7, 11) is -1.88. The van der Waals surface area contributed by atoms with Crippen LogP contribution >= 0.6 is 0 Å². The molecule has 0 spiro atoms. The van der Waals surface area contributed by atoms with Gasteiger partial charge >= 0.3 is 0 Å². The largest absolute Gasteiger partial charge is 0.339 e. The van der Waals surface area contributed by atoms with Gasteiger partial charge in [-0.05, 0) is 23.6 Å². The molecule has 1 aliphatic rings. The second-order valence-electron chi connectivity index (χ2n) is 5.82. The van der Waals surface area contributed by atoms with E-state index < -0.39 is 10.0 Å². The Morgan fingerprint density at radius 1 is 1.08 bits per heavy atom. The van der Waals surface area contributed by atoms with E-state index in [1.807, 2.05) is 26.0 Å². The lowest BCUT2D eigenvalue weighted by molar-refractivity contribution is 0.598. The van der Waals surface area contributed by atoms with E-state index in [1.165, 1.54) is 37.4 Å². The van der Waals surface area contributed by atoms with E-state index in [4.69, 9.17) is 0 Å². The molecule has 2 aromatic rings. The highest BCUT2D eigenvalue weighted by atomic mass is 32.2. The van der Waals surface area contributed by atoms with Gasteiger partial charge in [-0.2, -0.15) is 8.42 Å². The van der Waals surface area contributed by atoms with Crippen LogP contribution in [0.5, 0.6) is 0 Å². The topological polar surface area (TPSA) is 64.0 Å². The number of aryl methyl sites for hydroxylation is 1. The fourth-order valence-electron chi connectivity index (χ4n) is 1.67. The second kappa shape index (κ2) is 9.47. The first kappa shape index (κ1) is 20.2. The van der Waals surface area contributed by atoms with Gasteiger partial charge in [-0.25, -0.2) is 4.98 Å². The molecule has 0 amide bonds. The predicted octanol–water partition coefficient (Wildman–Crippen LogP) is 4.54. The van der Waals surface area contributed by atoms with Gasteiger partial charge in [0.2, 0.25) is 0 Å². The molecular formula is C18H29N3O2S. The van der Waals surface area contributed by atoms with Gasteiger partial charge in [-0.15, -0.1) is 0 Å². The molecule has 0 aliphatic heterocycles. The molecular weight excluding hydrogens is 322 g/mol. The number of benzene rings is 1. The fourth-order valence-corrected chi connectivity index (χ4v) is 2.71. The minimum atomic E-state index is -3.61. The molecule has 134 valence electrons. The summed E-state index contributed by atoms with van der Waals surface area (Å²) in [6.45, 7) is 8.18. The standard InChI is InChI=1S/C13H17N3O2S.C3H6.C2H6/c1-10(2)11-4-6-12(7-5-11)15-19(17,18)13-8-16(3)9-14-13;1-2-3-1;1-2/h4-10,15H,1-3H3;1-3H2;1-2H3. The molecule has 1 fully saturated rings. The van der Waals surface area contributed by atoms with Crippen LogP contribution in [0.25, 0.3) is 0 Å². The van der Waals surface area contributed by atoms with Crippen molar-refractivity contribution in [3.63, 3.8) is 0 Å². The average Bonchev–Trinajstić information content (AvgIpc) is 3.37. The minimum Gasteiger partial charge on any atom is -0.339 e. The molecule has 3 rings (SSSR count). The maximum absolute atomic E-state index is 12.0. The van der Waals surface area contributed by atoms with Crippen molar-refractivity contribution in [3.05, 3.63) is 42.4 Å². The number of sulfonamides is 1. The van der Waals surface area contributed by atoms with Crippen LogP contribution in [0.2, 0.25) is 0 Å². The third kappa shape index (κ3) is 6.74. The van der Waals surface area contributed by atoms with Crippen molar-refractivity contribution in [2.75, 3.05) is 4.72 Å². The van der Waals surface area contributed by atoms with E-state index in [0.29, 0.717) is 11.6 Å². The van der Waals surface area contributed by atoms with Crippen LogP contribution < -0.4 is 4.72 Å². The number of rotatable bonds is 4. The highest BCUT2D eigenvalue weighted by Crippen LogP contribution is 2.19. The Bertz CT molecular complexity index is 699. The summed E-state index contributed by atoms with van der Waals surface area (Å²) < 4.78 is 28.2. The molecule has 0 atom stereocenters. The molecule has 0 saturated heterocycles. The quantitative estimate of drug-likeness (QED) is 0.879. The minimum absolute atomic E-state index is 0.0166. The molecule has 1 aromatic heterocycles. The van der Waals surface area contributed by atoms with E-state index in [0.717, 1.165) is 0 Å². The normalized spacial score (nSPS) is 12.6. The SMILES string of the molecule is C1CC1.CC.CC(C)c1ccc(NS(=O)(=O)c2cn(C)cn2)cc1. The monoisotopic (exact) mass is 351 g/mol. The number of nitrogens with one attached hydrogen (secondary N) is 1. The maximum atomic E-state index is 12.0. The predicted molar refractivity (Wildman–Crippen MR) is 99.7 cm³/mol. The molecule has 0 unspecified atom stereocenters. The third-order valence-corrected chi connectivity index (χ3v) is 4.41. The second-order valence-corrected chi connectivity index (χ2v) is 7.45. The van der Waals surface area contributed by atoms with Gasteiger partial charge < -0.3 is 4.57 Å². The summed E-state index contributed by atoms with van der Waals surface area (Å²) in [5.74, 6) is 0.418. The Morgan fingerprint density at radius 3 is 2.00 bits per heavy atom. The van der Waals surface area contributed by atoms with Gasteiger partial charge in [0.1, 0.15) is 0 Å². The van der Waals surface area contributed by atoms with Crippen molar-refractivity contribution in [1.29, 1.82) is 0 Å². The summed E-state index contributed by atoms with van der Waals surface area (Å²) >= 11 is 0. The van der Waals surface area contributed by atoms with E-state index in [-0.39, 0.29) is 5.03 Å². The van der Waals surface area contributed by atoms with Crippen LogP contribution in [-0.2, 0) is 17.1 Å². The van der Waals surface area contributed by atoms with Gasteiger partial charge in [0, 0.05) is 18.9 Å². The van der Waals surface area contributed by atoms with E-state index in [1.54, 1.807) is 23.7 Å². The summed E-state index contributed by atoms with van der Waals surface area (Å²) in [6, 6.07) is 7.35. The van der Waals surface area contributed by atoms with E-state index in [2.05, 4.69) is 23.6 Å². The number of aromatic nitrogens is 2. The smallest absolute Gasteiger partial charge is 0.280 e. The van der Waals surface area contributed by atoms with Crippen LogP contribution in [0.3, 0.4) is 0 Å². The van der Waals surface area contributed by atoms with Crippen LogP contribution in [0.4, 0.5) is 5.69 Å². The summed E-state index contributed by atoms with van der Waals surface area (Å²) in [5, 5.41) is 0.0166. The molecule has 1 aliphatic carbocycles. The van der Waals surface area contributed by atoms with Crippen molar-refractivity contribution in [3.8, 4) is 0 Å². The molecule has 1 N–H and O–H groups in total. The molecule has 5 nitrogen and oxygen atoms in total. The summed E-state index contributed by atoms with van der Waals surface area (Å²) in [5.41, 5.74) is 1.70. The lowest BCUT2D eigenvalue weighted by Crippen LogP contribution is -2.13. The van der Waals surface area contributed by atoms with Crippen LogP contribution in [-0.4, -0.2) is 18.0 Å². The van der Waals surface area contributed by atoms with Crippen molar-refractivity contribution in [2.45, 2.75) is 57.9 Å². The molecule has 0 radical (unpaired) electrons. The van der Waals surface area contributed by atoms with Crippen molar-refractivity contribution >= 4 is 15.7 Å². The molecule has 1 saturated carbocycles. The van der Waals surface area contributed by atoms with Crippen molar-refractivity contribution < 1.29 is 8.42 Å². The van der Waals surface area contributed by atoms with Crippen molar-refractivity contribution in [1.82, 2.24) is 9.55 Å². The zero-order valence-electron chi connectivity index (χ0n) is 15.3. The van der Waals surface area contributed by atoms with Gasteiger partial charge in [-0.1, -0.05) is 59.1 Å². The number of anilines is 1. The Hall–Kier alpha value is -1.82.